The highest BCUT2D eigenvalue weighted by atomic mass is 19.1. The molecule has 1 amide bonds. The number of nitrogens with zero attached hydrogens (tertiary/aromatic N) is 2. The Morgan fingerprint density at radius 3 is 2.82 bits per heavy atom. The van der Waals surface area contributed by atoms with Crippen molar-refractivity contribution in [3.05, 3.63) is 35.6 Å². The number of hydrogen-bond donors (Lipinski definition) is 1. The number of halogens is 1. The highest BCUT2D eigenvalue weighted by Crippen LogP contribution is 2.26. The molecular weight excluding hydrogens is 287 g/mol. The third-order valence-corrected chi connectivity index (χ3v) is 4.29. The Kier molecular flexibility index (Phi) is 4.42. The molecule has 5 nitrogen and oxygen atoms in total. The lowest BCUT2D eigenvalue weighted by molar-refractivity contribution is -0.182. The molecule has 2 aliphatic heterocycles. The van der Waals surface area contributed by atoms with Gasteiger partial charge in [-0.25, -0.2) is 4.39 Å². The zero-order valence-corrected chi connectivity index (χ0v) is 12.5. The number of rotatable bonds is 4. The van der Waals surface area contributed by atoms with Crippen LogP contribution in [0.1, 0.15) is 24.8 Å². The Morgan fingerprint density at radius 2 is 2.09 bits per heavy atom. The van der Waals surface area contributed by atoms with E-state index in [1.165, 1.54) is 11.0 Å². The number of hydrogen-bond acceptors (Lipinski definition) is 4. The smallest absolute Gasteiger partial charge is 0.256 e. The molecule has 0 aliphatic carbocycles. The van der Waals surface area contributed by atoms with Gasteiger partial charge in [0, 0.05) is 25.2 Å². The van der Waals surface area contributed by atoms with E-state index in [0.717, 1.165) is 13.0 Å². The van der Waals surface area contributed by atoms with Crippen molar-refractivity contribution >= 4 is 5.91 Å². The molecule has 2 heterocycles. The number of amides is 1. The largest absolute Gasteiger partial charge is 0.379 e. The number of aliphatic hydroxyl groups is 1. The van der Waals surface area contributed by atoms with Crippen LogP contribution in [0.15, 0.2) is 24.3 Å². The molecule has 0 bridgehead atoms. The summed E-state index contributed by atoms with van der Waals surface area (Å²) < 4.78 is 13.8. The van der Waals surface area contributed by atoms with Crippen molar-refractivity contribution in [2.24, 2.45) is 0 Å². The molecule has 2 saturated heterocycles. The number of hydroxylamine groups is 2. The van der Waals surface area contributed by atoms with Crippen LogP contribution in [0.2, 0.25) is 0 Å². The van der Waals surface area contributed by atoms with Crippen molar-refractivity contribution in [1.29, 1.82) is 0 Å². The van der Waals surface area contributed by atoms with Crippen LogP contribution in [0.25, 0.3) is 0 Å². The van der Waals surface area contributed by atoms with Gasteiger partial charge < -0.3 is 10.0 Å². The minimum atomic E-state index is -1.44. The maximum Gasteiger partial charge on any atom is 0.256 e. The number of β-amino-alcohol motifs (C(OH)–C–C–N with tert-alkyl or cyclic N) is 1. The summed E-state index contributed by atoms with van der Waals surface area (Å²) in [5.74, 6) is -0.662. The quantitative estimate of drug-likeness (QED) is 0.911. The fourth-order valence-electron chi connectivity index (χ4n) is 3.11. The molecule has 6 heteroatoms. The third kappa shape index (κ3) is 3.14. The number of carbonyl (C=O) groups is 1. The van der Waals surface area contributed by atoms with Crippen molar-refractivity contribution in [3.8, 4) is 0 Å². The monoisotopic (exact) mass is 308 g/mol. The first-order chi connectivity index (χ1) is 10.6. The Morgan fingerprint density at radius 1 is 1.27 bits per heavy atom. The van der Waals surface area contributed by atoms with E-state index in [9.17, 15) is 14.3 Å². The molecule has 0 spiro atoms. The minimum Gasteiger partial charge on any atom is -0.379 e. The summed E-state index contributed by atoms with van der Waals surface area (Å²) in [5.41, 5.74) is -0.967. The highest BCUT2D eigenvalue weighted by Gasteiger charge is 2.44. The standard InChI is InChI=1S/C16H21FN2O3/c17-14-6-2-1-5-13(14)11-18-8-3-7-16(21,15(18)20)12-19-9-4-10-22-19/h1-2,5-6,21H,3-4,7-12H2/t16-/m0/s1. The lowest BCUT2D eigenvalue weighted by atomic mass is 9.91. The molecule has 0 saturated carbocycles. The predicted octanol–water partition coefficient (Wildman–Crippen LogP) is 1.32. The van der Waals surface area contributed by atoms with E-state index in [4.69, 9.17) is 4.84 Å². The van der Waals surface area contributed by atoms with Crippen LogP contribution in [0.5, 0.6) is 0 Å². The van der Waals surface area contributed by atoms with Crippen LogP contribution >= 0.6 is 0 Å². The molecule has 0 radical (unpaired) electrons. The van der Waals surface area contributed by atoms with Crippen LogP contribution in [0.4, 0.5) is 4.39 Å². The fourth-order valence-corrected chi connectivity index (χ4v) is 3.11. The van der Waals surface area contributed by atoms with E-state index >= 15 is 0 Å². The molecule has 2 aliphatic rings. The van der Waals surface area contributed by atoms with Gasteiger partial charge in [-0.05, 0) is 25.3 Å². The normalized spacial score (nSPS) is 26.6. The van der Waals surface area contributed by atoms with E-state index in [1.807, 2.05) is 0 Å². The average Bonchev–Trinajstić information content (AvgIpc) is 2.99. The van der Waals surface area contributed by atoms with Gasteiger partial charge in [0.25, 0.3) is 5.91 Å². The molecule has 1 atom stereocenters. The van der Waals surface area contributed by atoms with E-state index < -0.39 is 5.60 Å². The van der Waals surface area contributed by atoms with Gasteiger partial charge in [-0.1, -0.05) is 18.2 Å². The molecule has 2 fully saturated rings. The lowest BCUT2D eigenvalue weighted by Gasteiger charge is -2.39. The van der Waals surface area contributed by atoms with E-state index in [1.54, 1.807) is 23.3 Å². The second-order valence-corrected chi connectivity index (χ2v) is 6.00. The molecule has 1 aromatic carbocycles. The molecule has 1 aromatic rings. The first-order valence-electron chi connectivity index (χ1n) is 7.71. The molecule has 120 valence electrons. The van der Waals surface area contributed by atoms with Crippen molar-refractivity contribution in [1.82, 2.24) is 9.96 Å². The fraction of sp³-hybridized carbons (Fsp3) is 0.562. The topological polar surface area (TPSA) is 53.0 Å². The van der Waals surface area contributed by atoms with Gasteiger partial charge in [-0.3, -0.25) is 9.63 Å². The highest BCUT2D eigenvalue weighted by molar-refractivity contribution is 5.86. The molecular formula is C16H21FN2O3. The Hall–Kier alpha value is -1.50. The number of carbonyl (C=O) groups excluding carboxylic acids is 1. The second-order valence-electron chi connectivity index (χ2n) is 6.00. The van der Waals surface area contributed by atoms with Crippen molar-refractivity contribution < 1.29 is 19.1 Å². The predicted molar refractivity (Wildman–Crippen MR) is 78.1 cm³/mol. The van der Waals surface area contributed by atoms with E-state index in [-0.39, 0.29) is 24.8 Å². The second kappa shape index (κ2) is 6.32. The zero-order valence-electron chi connectivity index (χ0n) is 12.5. The van der Waals surface area contributed by atoms with Crippen LogP contribution in [-0.2, 0) is 16.2 Å². The summed E-state index contributed by atoms with van der Waals surface area (Å²) in [6, 6.07) is 6.42. The van der Waals surface area contributed by atoms with Gasteiger partial charge in [0.2, 0.25) is 0 Å². The van der Waals surface area contributed by atoms with Crippen molar-refractivity contribution in [2.75, 3.05) is 26.2 Å². The molecule has 22 heavy (non-hydrogen) atoms. The van der Waals surface area contributed by atoms with E-state index in [2.05, 4.69) is 0 Å². The van der Waals surface area contributed by atoms with Crippen molar-refractivity contribution in [2.45, 2.75) is 31.4 Å². The van der Waals surface area contributed by atoms with E-state index in [0.29, 0.717) is 31.6 Å². The molecule has 3 rings (SSSR count). The average molecular weight is 308 g/mol. The maximum atomic E-state index is 13.8. The Bertz CT molecular complexity index is 548. The Labute approximate surface area is 129 Å². The SMILES string of the molecule is O=C1N(Cc2ccccc2F)CCC[C@]1(O)CN1CCCO1. The molecule has 1 N–H and O–H groups in total. The van der Waals surface area contributed by atoms with Gasteiger partial charge in [0.15, 0.2) is 5.60 Å². The van der Waals surface area contributed by atoms with Crippen LogP contribution < -0.4 is 0 Å². The summed E-state index contributed by atoms with van der Waals surface area (Å²) in [4.78, 5) is 19.5. The molecule has 0 unspecified atom stereocenters. The van der Waals surface area contributed by atoms with Gasteiger partial charge in [-0.15, -0.1) is 0 Å². The third-order valence-electron chi connectivity index (χ3n) is 4.29. The summed E-state index contributed by atoms with van der Waals surface area (Å²) in [7, 11) is 0. The minimum absolute atomic E-state index is 0.180. The maximum absolute atomic E-state index is 13.8. The number of likely N-dealkylation sites (tertiary alicyclic amines) is 1. The van der Waals surface area contributed by atoms with Crippen molar-refractivity contribution in [3.63, 3.8) is 0 Å². The first kappa shape index (κ1) is 15.4. The summed E-state index contributed by atoms with van der Waals surface area (Å²) in [5, 5.41) is 12.4. The number of benzene rings is 1. The van der Waals surface area contributed by atoms with Gasteiger partial charge in [-0.2, -0.15) is 5.06 Å². The summed E-state index contributed by atoms with van der Waals surface area (Å²) >= 11 is 0. The summed E-state index contributed by atoms with van der Waals surface area (Å²) in [6.45, 7) is 2.26. The zero-order chi connectivity index (χ0) is 15.6. The van der Waals surface area contributed by atoms with Gasteiger partial charge in [0.1, 0.15) is 5.82 Å². The van der Waals surface area contributed by atoms with Crippen LogP contribution in [0.3, 0.4) is 0 Å². The first-order valence-corrected chi connectivity index (χ1v) is 7.71. The van der Waals surface area contributed by atoms with Gasteiger partial charge >= 0.3 is 0 Å². The lowest BCUT2D eigenvalue weighted by Crippen LogP contribution is -2.57. The Balaban J connectivity index is 1.70. The molecule has 0 aromatic heterocycles. The number of piperidine rings is 1. The van der Waals surface area contributed by atoms with Crippen LogP contribution in [-0.4, -0.2) is 52.8 Å². The van der Waals surface area contributed by atoms with Crippen LogP contribution in [0, 0.1) is 5.82 Å². The van der Waals surface area contributed by atoms with Gasteiger partial charge in [0.05, 0.1) is 13.2 Å². The summed E-state index contributed by atoms with van der Waals surface area (Å²) in [6.07, 6.45) is 2.02.